The topological polar surface area (TPSA) is 76.8 Å². The Bertz CT molecular complexity index is 716. The first-order chi connectivity index (χ1) is 11.7. The van der Waals surface area contributed by atoms with Gasteiger partial charge in [-0.2, -0.15) is 0 Å². The zero-order valence-electron chi connectivity index (χ0n) is 13.6. The number of rotatable bonds is 6. The second-order valence-corrected chi connectivity index (χ2v) is 5.68. The van der Waals surface area contributed by atoms with Crippen LogP contribution in [0.25, 0.3) is 0 Å². The molecule has 0 bridgehead atoms. The number of hydrogen-bond acceptors (Lipinski definition) is 5. The van der Waals surface area contributed by atoms with E-state index in [-0.39, 0.29) is 12.7 Å². The summed E-state index contributed by atoms with van der Waals surface area (Å²) in [4.78, 5) is 14.2. The maximum atomic E-state index is 12.5. The highest BCUT2D eigenvalue weighted by atomic mass is 16.7. The highest BCUT2D eigenvalue weighted by molar-refractivity contribution is 5.94. The quantitative estimate of drug-likeness (QED) is 0.790. The van der Waals surface area contributed by atoms with Gasteiger partial charge < -0.3 is 25.4 Å². The molecular formula is C18H21N3O3. The molecule has 1 amide bonds. The van der Waals surface area contributed by atoms with Crippen molar-refractivity contribution in [2.24, 2.45) is 5.73 Å². The third-order valence-corrected chi connectivity index (χ3v) is 3.88. The number of ether oxygens (including phenoxy) is 2. The zero-order valence-corrected chi connectivity index (χ0v) is 13.6. The summed E-state index contributed by atoms with van der Waals surface area (Å²) in [5.41, 5.74) is 8.17. The molecule has 3 N–H and O–H groups in total. The van der Waals surface area contributed by atoms with E-state index in [1.54, 1.807) is 11.9 Å². The largest absolute Gasteiger partial charge is 0.454 e. The molecule has 6 nitrogen and oxygen atoms in total. The first-order valence-corrected chi connectivity index (χ1v) is 7.81. The predicted molar refractivity (Wildman–Crippen MR) is 90.7 cm³/mol. The van der Waals surface area contributed by atoms with E-state index < -0.39 is 0 Å². The molecule has 24 heavy (non-hydrogen) atoms. The van der Waals surface area contributed by atoms with Crippen LogP contribution in [0, 0.1) is 0 Å². The summed E-state index contributed by atoms with van der Waals surface area (Å²) < 4.78 is 10.7. The van der Waals surface area contributed by atoms with E-state index in [0.29, 0.717) is 25.3 Å². The van der Waals surface area contributed by atoms with E-state index in [1.807, 2.05) is 42.5 Å². The molecule has 1 aliphatic heterocycles. The summed E-state index contributed by atoms with van der Waals surface area (Å²) in [7, 11) is 1.79. The Morgan fingerprint density at radius 2 is 1.83 bits per heavy atom. The van der Waals surface area contributed by atoms with Gasteiger partial charge in [0.15, 0.2) is 11.5 Å². The molecular weight excluding hydrogens is 306 g/mol. The molecule has 0 aromatic heterocycles. The molecule has 1 aliphatic rings. The molecule has 126 valence electrons. The van der Waals surface area contributed by atoms with Gasteiger partial charge in [0.05, 0.1) is 0 Å². The molecule has 2 aromatic carbocycles. The van der Waals surface area contributed by atoms with Crippen LogP contribution in [0.1, 0.15) is 21.5 Å². The van der Waals surface area contributed by atoms with Crippen LogP contribution in [-0.2, 0) is 13.1 Å². The van der Waals surface area contributed by atoms with Gasteiger partial charge in [-0.25, -0.2) is 0 Å². The van der Waals surface area contributed by atoms with E-state index in [4.69, 9.17) is 15.2 Å². The van der Waals surface area contributed by atoms with Gasteiger partial charge in [-0.3, -0.25) is 4.79 Å². The van der Waals surface area contributed by atoms with E-state index in [0.717, 1.165) is 22.6 Å². The van der Waals surface area contributed by atoms with Crippen LogP contribution in [0.4, 0.5) is 0 Å². The van der Waals surface area contributed by atoms with Crippen molar-refractivity contribution < 1.29 is 14.3 Å². The number of amides is 1. The van der Waals surface area contributed by atoms with Gasteiger partial charge in [0.2, 0.25) is 6.79 Å². The minimum absolute atomic E-state index is 0.0222. The fraction of sp³-hybridized carbons (Fsp3) is 0.278. The smallest absolute Gasteiger partial charge is 0.253 e. The van der Waals surface area contributed by atoms with Crippen molar-refractivity contribution in [2.45, 2.75) is 13.1 Å². The lowest BCUT2D eigenvalue weighted by atomic mass is 10.1. The van der Waals surface area contributed by atoms with Crippen LogP contribution < -0.4 is 20.5 Å². The Balaban J connectivity index is 1.64. The number of nitrogens with zero attached hydrogens (tertiary/aromatic N) is 1. The first kappa shape index (κ1) is 16.3. The normalized spacial score (nSPS) is 12.2. The van der Waals surface area contributed by atoms with Gasteiger partial charge in [-0.1, -0.05) is 18.2 Å². The van der Waals surface area contributed by atoms with E-state index in [1.165, 1.54) is 0 Å². The summed E-state index contributed by atoms with van der Waals surface area (Å²) in [6, 6.07) is 13.3. The van der Waals surface area contributed by atoms with Crippen molar-refractivity contribution in [3.05, 3.63) is 59.2 Å². The molecule has 0 atom stereocenters. The number of hydrogen-bond donors (Lipinski definition) is 2. The number of carbonyl (C=O) groups excluding carboxylic acids is 1. The molecule has 6 heteroatoms. The molecule has 0 spiro atoms. The Morgan fingerprint density at radius 3 is 2.58 bits per heavy atom. The molecule has 0 fully saturated rings. The maximum absolute atomic E-state index is 12.5. The maximum Gasteiger partial charge on any atom is 0.253 e. The van der Waals surface area contributed by atoms with Crippen LogP contribution in [0.15, 0.2) is 42.5 Å². The van der Waals surface area contributed by atoms with E-state index >= 15 is 0 Å². The fourth-order valence-corrected chi connectivity index (χ4v) is 2.59. The number of nitrogens with one attached hydrogen (secondary N) is 1. The number of benzene rings is 2. The molecule has 0 saturated carbocycles. The molecule has 0 aliphatic carbocycles. The van der Waals surface area contributed by atoms with Gasteiger partial charge in [0, 0.05) is 32.4 Å². The van der Waals surface area contributed by atoms with Crippen LogP contribution in [0.3, 0.4) is 0 Å². The highest BCUT2D eigenvalue weighted by Crippen LogP contribution is 2.32. The second-order valence-electron chi connectivity index (χ2n) is 5.68. The van der Waals surface area contributed by atoms with Gasteiger partial charge in [0.25, 0.3) is 5.91 Å². The molecule has 1 heterocycles. The number of carbonyl (C=O) groups is 1. The van der Waals surface area contributed by atoms with Crippen molar-refractivity contribution in [1.29, 1.82) is 0 Å². The molecule has 0 radical (unpaired) electrons. The lowest BCUT2D eigenvalue weighted by Crippen LogP contribution is -2.26. The molecule has 0 unspecified atom stereocenters. The van der Waals surface area contributed by atoms with Crippen LogP contribution in [0.5, 0.6) is 11.5 Å². The van der Waals surface area contributed by atoms with E-state index in [2.05, 4.69) is 5.32 Å². The third kappa shape index (κ3) is 3.67. The zero-order chi connectivity index (χ0) is 16.9. The van der Waals surface area contributed by atoms with Gasteiger partial charge in [0.1, 0.15) is 0 Å². The SMILES string of the molecule is CN(Cc1ccc2c(c1)OCO2)C(=O)c1ccc(CNCN)cc1. The summed E-state index contributed by atoms with van der Waals surface area (Å²) >= 11 is 0. The number of nitrogens with two attached hydrogens (primary N) is 1. The summed E-state index contributed by atoms with van der Waals surface area (Å²) in [6.07, 6.45) is 0. The highest BCUT2D eigenvalue weighted by Gasteiger charge is 2.16. The summed E-state index contributed by atoms with van der Waals surface area (Å²) in [5.74, 6) is 1.45. The minimum atomic E-state index is -0.0222. The van der Waals surface area contributed by atoms with Gasteiger partial charge >= 0.3 is 0 Å². The van der Waals surface area contributed by atoms with Crippen molar-refractivity contribution in [3.63, 3.8) is 0 Å². The molecule has 0 saturated heterocycles. The number of fused-ring (bicyclic) bond motifs is 1. The summed E-state index contributed by atoms with van der Waals surface area (Å²) in [5, 5.41) is 3.05. The van der Waals surface area contributed by atoms with Crippen molar-refractivity contribution in [1.82, 2.24) is 10.2 Å². The molecule has 3 rings (SSSR count). The van der Waals surface area contributed by atoms with Gasteiger partial charge in [-0.05, 0) is 35.4 Å². The van der Waals surface area contributed by atoms with Crippen LogP contribution in [-0.4, -0.2) is 31.3 Å². The standard InChI is InChI=1S/C18H21N3O3/c1-21(10-14-4-7-16-17(8-14)24-12-23-16)18(22)15-5-2-13(3-6-15)9-20-11-19/h2-8,20H,9-12,19H2,1H3. The second kappa shape index (κ2) is 7.33. The lowest BCUT2D eigenvalue weighted by Gasteiger charge is -2.18. The predicted octanol–water partition coefficient (Wildman–Crippen LogP) is 1.69. The van der Waals surface area contributed by atoms with Crippen LogP contribution >= 0.6 is 0 Å². The third-order valence-electron chi connectivity index (χ3n) is 3.88. The summed E-state index contributed by atoms with van der Waals surface area (Å²) in [6.45, 7) is 1.88. The monoisotopic (exact) mass is 327 g/mol. The molecule has 2 aromatic rings. The van der Waals surface area contributed by atoms with Crippen LogP contribution in [0.2, 0.25) is 0 Å². The van der Waals surface area contributed by atoms with Gasteiger partial charge in [-0.15, -0.1) is 0 Å². The Labute approximate surface area is 141 Å². The van der Waals surface area contributed by atoms with E-state index in [9.17, 15) is 4.79 Å². The fourth-order valence-electron chi connectivity index (χ4n) is 2.59. The average molecular weight is 327 g/mol. The Hall–Kier alpha value is -2.57. The minimum Gasteiger partial charge on any atom is -0.454 e. The van der Waals surface area contributed by atoms with Crippen molar-refractivity contribution in [2.75, 3.05) is 20.5 Å². The Morgan fingerprint density at radius 1 is 1.12 bits per heavy atom. The first-order valence-electron chi connectivity index (χ1n) is 7.81. The average Bonchev–Trinajstić information content (AvgIpc) is 3.07. The Kier molecular flexibility index (Phi) is 4.98. The lowest BCUT2D eigenvalue weighted by molar-refractivity contribution is 0.0785. The van der Waals surface area contributed by atoms with Crippen molar-refractivity contribution >= 4 is 5.91 Å². The van der Waals surface area contributed by atoms with Crippen molar-refractivity contribution in [3.8, 4) is 11.5 Å².